The first-order valence-corrected chi connectivity index (χ1v) is 27.1. The van der Waals surface area contributed by atoms with Crippen LogP contribution < -0.4 is 9.80 Å². The van der Waals surface area contributed by atoms with E-state index in [9.17, 15) is 5.26 Å². The molecule has 0 aliphatic heterocycles. The molecule has 356 valence electrons. The van der Waals surface area contributed by atoms with E-state index in [1.807, 2.05) is 0 Å². The molecule has 4 aromatic carbocycles. The van der Waals surface area contributed by atoms with Crippen molar-refractivity contribution in [2.45, 2.75) is 215 Å². The smallest absolute Gasteiger partial charge is 0.0973 e. The molecule has 0 heterocycles. The highest BCUT2D eigenvalue weighted by Crippen LogP contribution is 2.38. The van der Waals surface area contributed by atoms with Crippen LogP contribution in [0.15, 0.2) is 72.8 Å². The first-order chi connectivity index (χ1) is 31.8. The van der Waals surface area contributed by atoms with Crippen molar-refractivity contribution in [3.63, 3.8) is 0 Å². The SMILES string of the molecule is CCCCCCCCN(CCCCCCCC)c1ccc(-c2cc(C)c(C(C#N)c3c(C)cc(-c4ccc(N(CCCCCCCC)CCCCCCCC)cc4)cc3C)c(C)c2)cc1. The fraction of sp³-hybridized carbons (Fsp3) is 0.597. The molecule has 0 atom stereocenters. The van der Waals surface area contributed by atoms with Crippen LogP contribution in [-0.2, 0) is 0 Å². The van der Waals surface area contributed by atoms with Crippen molar-refractivity contribution in [3.8, 4) is 28.3 Å². The second kappa shape index (κ2) is 31.0. The number of anilines is 2. The van der Waals surface area contributed by atoms with Crippen LogP contribution in [0.1, 0.15) is 221 Å². The molecule has 3 heteroatoms. The summed E-state index contributed by atoms with van der Waals surface area (Å²) in [5, 5.41) is 10.9. The molecule has 0 saturated carbocycles. The quantitative estimate of drug-likeness (QED) is 0.0438. The molecular formula is C62H93N3. The molecule has 3 nitrogen and oxygen atoms in total. The van der Waals surface area contributed by atoms with Crippen molar-refractivity contribution in [2.75, 3.05) is 36.0 Å². The Morgan fingerprint density at radius 2 is 0.600 bits per heavy atom. The highest BCUT2D eigenvalue weighted by Gasteiger charge is 2.23. The van der Waals surface area contributed by atoms with Crippen LogP contribution in [-0.4, -0.2) is 26.2 Å². The zero-order chi connectivity index (χ0) is 46.7. The molecule has 0 saturated heterocycles. The van der Waals surface area contributed by atoms with Crippen molar-refractivity contribution >= 4 is 11.4 Å². The normalized spacial score (nSPS) is 11.4. The summed E-state index contributed by atoms with van der Waals surface area (Å²) in [4.78, 5) is 5.30. The Kier molecular flexibility index (Phi) is 25.6. The lowest BCUT2D eigenvalue weighted by molar-refractivity contribution is 0.575. The highest BCUT2D eigenvalue weighted by atomic mass is 15.1. The average molecular weight is 880 g/mol. The van der Waals surface area contributed by atoms with Crippen LogP contribution >= 0.6 is 0 Å². The fourth-order valence-corrected chi connectivity index (χ4v) is 10.3. The van der Waals surface area contributed by atoms with Gasteiger partial charge in [-0.25, -0.2) is 0 Å². The maximum absolute atomic E-state index is 10.9. The third kappa shape index (κ3) is 17.9. The van der Waals surface area contributed by atoms with Gasteiger partial charge in [-0.15, -0.1) is 0 Å². The summed E-state index contributed by atoms with van der Waals surface area (Å²) in [6, 6.07) is 30.7. The van der Waals surface area contributed by atoms with Crippen LogP contribution in [0.2, 0.25) is 0 Å². The number of benzene rings is 4. The number of hydrogen-bond acceptors (Lipinski definition) is 3. The number of hydrogen-bond donors (Lipinski definition) is 0. The Morgan fingerprint density at radius 3 is 0.846 bits per heavy atom. The third-order valence-electron chi connectivity index (χ3n) is 14.2. The van der Waals surface area contributed by atoms with E-state index in [0.717, 1.165) is 37.3 Å². The lowest BCUT2D eigenvalue weighted by Crippen LogP contribution is -2.25. The van der Waals surface area contributed by atoms with Gasteiger partial charge in [0.05, 0.1) is 12.0 Å². The summed E-state index contributed by atoms with van der Waals surface area (Å²) >= 11 is 0. The Labute approximate surface area is 400 Å². The van der Waals surface area contributed by atoms with Gasteiger partial charge in [0, 0.05) is 37.6 Å². The zero-order valence-corrected chi connectivity index (χ0v) is 43.1. The Morgan fingerprint density at radius 1 is 0.354 bits per heavy atom. The molecule has 4 rings (SSSR count). The van der Waals surface area contributed by atoms with E-state index < -0.39 is 0 Å². The summed E-state index contributed by atoms with van der Waals surface area (Å²) in [6.45, 7) is 22.6. The number of nitrogens with zero attached hydrogens (tertiary/aromatic N) is 3. The van der Waals surface area contributed by atoms with Crippen LogP contribution in [0.25, 0.3) is 22.3 Å². The first-order valence-electron chi connectivity index (χ1n) is 27.1. The minimum absolute atomic E-state index is 0.321. The number of unbranched alkanes of at least 4 members (excludes halogenated alkanes) is 20. The molecule has 0 aliphatic carbocycles. The Balaban J connectivity index is 1.48. The van der Waals surface area contributed by atoms with Crippen LogP contribution in [0, 0.1) is 39.0 Å². The third-order valence-corrected chi connectivity index (χ3v) is 14.2. The molecule has 0 unspecified atom stereocenters. The molecule has 0 aromatic heterocycles. The van der Waals surface area contributed by atoms with E-state index in [1.54, 1.807) is 0 Å². The van der Waals surface area contributed by atoms with Crippen molar-refractivity contribution in [1.29, 1.82) is 5.26 Å². The van der Waals surface area contributed by atoms with Crippen molar-refractivity contribution in [3.05, 3.63) is 106 Å². The summed E-state index contributed by atoms with van der Waals surface area (Å²) < 4.78 is 0. The van der Waals surface area contributed by atoms with E-state index in [2.05, 4.69) is 144 Å². The lowest BCUT2D eigenvalue weighted by Gasteiger charge is -2.26. The lowest BCUT2D eigenvalue weighted by atomic mass is 9.80. The highest BCUT2D eigenvalue weighted by molar-refractivity contribution is 5.72. The topological polar surface area (TPSA) is 30.3 Å². The van der Waals surface area contributed by atoms with Crippen molar-refractivity contribution in [2.24, 2.45) is 0 Å². The molecule has 0 amide bonds. The average Bonchev–Trinajstić information content (AvgIpc) is 3.31. The molecule has 65 heavy (non-hydrogen) atoms. The first kappa shape index (κ1) is 53.6. The maximum atomic E-state index is 10.9. The van der Waals surface area contributed by atoms with Crippen LogP contribution in [0.5, 0.6) is 0 Å². The standard InChI is InChI=1S/C62H93N3/c1-9-13-17-21-25-29-41-64(42-30-26-22-18-14-10-2)58-37-33-54(34-38-58)56-45-50(5)61(51(6)46-56)60(49-63)62-52(7)47-57(48-53(62)8)55-35-39-59(40-36-55)65(43-31-27-23-19-15-11-3)44-32-28-24-20-16-12-4/h33-40,45-48,60H,9-32,41-44H2,1-8H3. The fourth-order valence-electron chi connectivity index (χ4n) is 10.3. The Bertz CT molecular complexity index is 1720. The van der Waals surface area contributed by atoms with E-state index in [0.29, 0.717) is 0 Å². The van der Waals surface area contributed by atoms with Crippen LogP contribution in [0.3, 0.4) is 0 Å². The van der Waals surface area contributed by atoms with Gasteiger partial charge in [-0.3, -0.25) is 0 Å². The van der Waals surface area contributed by atoms with Gasteiger partial charge in [-0.05, 0) is 133 Å². The van der Waals surface area contributed by atoms with Crippen molar-refractivity contribution < 1.29 is 0 Å². The summed E-state index contributed by atoms with van der Waals surface area (Å²) in [7, 11) is 0. The number of rotatable bonds is 34. The van der Waals surface area contributed by atoms with Gasteiger partial charge in [0.25, 0.3) is 0 Å². The minimum Gasteiger partial charge on any atom is -0.372 e. The molecule has 0 N–H and O–H groups in total. The van der Waals surface area contributed by atoms with Gasteiger partial charge in [-0.1, -0.05) is 205 Å². The predicted molar refractivity (Wildman–Crippen MR) is 288 cm³/mol. The van der Waals surface area contributed by atoms with Crippen LogP contribution in [0.4, 0.5) is 11.4 Å². The number of nitriles is 1. The molecule has 0 fully saturated rings. The van der Waals surface area contributed by atoms with Crippen molar-refractivity contribution in [1.82, 2.24) is 0 Å². The molecule has 0 bridgehead atoms. The van der Waals surface area contributed by atoms with E-state index in [4.69, 9.17) is 0 Å². The molecule has 0 aliphatic rings. The summed E-state index contributed by atoms with van der Waals surface area (Å²) in [5.41, 5.74) is 14.7. The number of aryl methyl sites for hydroxylation is 4. The second-order valence-corrected chi connectivity index (χ2v) is 19.7. The van der Waals surface area contributed by atoms with Gasteiger partial charge in [0.2, 0.25) is 0 Å². The van der Waals surface area contributed by atoms with E-state index in [-0.39, 0.29) is 5.92 Å². The molecule has 0 radical (unpaired) electrons. The molecule has 0 spiro atoms. The van der Waals surface area contributed by atoms with E-state index >= 15 is 0 Å². The summed E-state index contributed by atoms with van der Waals surface area (Å²) in [5.74, 6) is -0.321. The van der Waals surface area contributed by atoms with Gasteiger partial charge < -0.3 is 9.80 Å². The second-order valence-electron chi connectivity index (χ2n) is 19.7. The molecular weight excluding hydrogens is 787 g/mol. The van der Waals surface area contributed by atoms with Gasteiger partial charge in [0.1, 0.15) is 0 Å². The minimum atomic E-state index is -0.321. The summed E-state index contributed by atoms with van der Waals surface area (Å²) in [6.07, 6.45) is 32.0. The van der Waals surface area contributed by atoms with Gasteiger partial charge >= 0.3 is 0 Å². The Hall–Kier alpha value is -4.03. The van der Waals surface area contributed by atoms with Gasteiger partial charge in [-0.2, -0.15) is 5.26 Å². The largest absolute Gasteiger partial charge is 0.372 e. The monoisotopic (exact) mass is 880 g/mol. The van der Waals surface area contributed by atoms with Gasteiger partial charge in [0.15, 0.2) is 0 Å². The van der Waals surface area contributed by atoms with E-state index in [1.165, 1.54) is 210 Å². The molecule has 4 aromatic rings. The zero-order valence-electron chi connectivity index (χ0n) is 43.1. The maximum Gasteiger partial charge on any atom is 0.0973 e. The predicted octanol–water partition coefficient (Wildman–Crippen LogP) is 19.0.